The Labute approximate surface area is 139 Å². The smallest absolute Gasteiger partial charge is 0.244 e. The molecule has 1 heterocycles. The molecule has 0 saturated carbocycles. The van der Waals surface area contributed by atoms with Gasteiger partial charge in [0.05, 0.1) is 7.11 Å². The molecule has 5 heteroatoms. The highest BCUT2D eigenvalue weighted by Crippen LogP contribution is 2.26. The lowest BCUT2D eigenvalue weighted by Gasteiger charge is -2.35. The highest BCUT2D eigenvalue weighted by Gasteiger charge is 2.30. The first-order chi connectivity index (χ1) is 11.2. The van der Waals surface area contributed by atoms with Gasteiger partial charge in [0.15, 0.2) is 0 Å². The van der Waals surface area contributed by atoms with Gasteiger partial charge in [0.25, 0.3) is 0 Å². The molecule has 0 aliphatic carbocycles. The third-order valence-corrected chi connectivity index (χ3v) is 4.38. The van der Waals surface area contributed by atoms with Gasteiger partial charge in [-0.05, 0) is 37.7 Å². The molecule has 128 valence electrons. The SMILES string of the molecule is CCCCN(C)C(C(=O)N1CCNCC1)c1cccc(OC)c1. The van der Waals surface area contributed by atoms with Crippen LogP contribution in [0.15, 0.2) is 24.3 Å². The summed E-state index contributed by atoms with van der Waals surface area (Å²) in [6.45, 7) is 6.38. The summed E-state index contributed by atoms with van der Waals surface area (Å²) in [6, 6.07) is 7.64. The van der Waals surface area contributed by atoms with Crippen molar-refractivity contribution in [3.63, 3.8) is 0 Å². The van der Waals surface area contributed by atoms with Crippen LogP contribution < -0.4 is 10.1 Å². The number of hydrogen-bond acceptors (Lipinski definition) is 4. The van der Waals surface area contributed by atoms with Crippen molar-refractivity contribution in [2.24, 2.45) is 0 Å². The van der Waals surface area contributed by atoms with E-state index in [0.717, 1.165) is 56.9 Å². The summed E-state index contributed by atoms with van der Waals surface area (Å²) in [5, 5.41) is 3.30. The van der Waals surface area contributed by atoms with E-state index < -0.39 is 0 Å². The highest BCUT2D eigenvalue weighted by atomic mass is 16.5. The minimum Gasteiger partial charge on any atom is -0.497 e. The lowest BCUT2D eigenvalue weighted by Crippen LogP contribution is -2.50. The summed E-state index contributed by atoms with van der Waals surface area (Å²) in [7, 11) is 3.70. The molecule has 1 aliphatic rings. The number of rotatable bonds is 7. The molecule has 1 fully saturated rings. The number of hydrogen-bond donors (Lipinski definition) is 1. The third kappa shape index (κ3) is 4.69. The van der Waals surface area contributed by atoms with E-state index in [1.807, 2.05) is 36.2 Å². The predicted molar refractivity (Wildman–Crippen MR) is 92.7 cm³/mol. The number of piperazine rings is 1. The van der Waals surface area contributed by atoms with Crippen LogP contribution in [-0.2, 0) is 4.79 Å². The van der Waals surface area contributed by atoms with Gasteiger partial charge >= 0.3 is 0 Å². The van der Waals surface area contributed by atoms with Crippen molar-refractivity contribution in [2.45, 2.75) is 25.8 Å². The fourth-order valence-electron chi connectivity index (χ4n) is 2.99. The molecular weight excluding hydrogens is 290 g/mol. The number of nitrogens with one attached hydrogen (secondary N) is 1. The maximum absolute atomic E-state index is 13.1. The Hall–Kier alpha value is -1.59. The minimum atomic E-state index is -0.241. The molecule has 1 aromatic rings. The van der Waals surface area contributed by atoms with Crippen LogP contribution in [0.4, 0.5) is 0 Å². The van der Waals surface area contributed by atoms with Crippen molar-refractivity contribution in [3.8, 4) is 5.75 Å². The van der Waals surface area contributed by atoms with Crippen LogP contribution in [0.3, 0.4) is 0 Å². The number of carbonyl (C=O) groups is 1. The lowest BCUT2D eigenvalue weighted by molar-refractivity contribution is -0.137. The van der Waals surface area contributed by atoms with Crippen molar-refractivity contribution < 1.29 is 9.53 Å². The van der Waals surface area contributed by atoms with E-state index in [-0.39, 0.29) is 11.9 Å². The average Bonchev–Trinajstić information content (AvgIpc) is 2.61. The fourth-order valence-corrected chi connectivity index (χ4v) is 2.99. The van der Waals surface area contributed by atoms with Crippen LogP contribution in [0.1, 0.15) is 31.4 Å². The molecule has 0 radical (unpaired) electrons. The number of nitrogens with zero attached hydrogens (tertiary/aromatic N) is 2. The molecule has 1 N–H and O–H groups in total. The molecule has 1 unspecified atom stereocenters. The van der Waals surface area contributed by atoms with Gasteiger partial charge in [0, 0.05) is 26.2 Å². The molecule has 1 aromatic carbocycles. The number of ether oxygens (including phenoxy) is 1. The van der Waals surface area contributed by atoms with Crippen LogP contribution in [0.25, 0.3) is 0 Å². The first-order valence-corrected chi connectivity index (χ1v) is 8.51. The van der Waals surface area contributed by atoms with Gasteiger partial charge in [-0.25, -0.2) is 0 Å². The largest absolute Gasteiger partial charge is 0.497 e. The maximum atomic E-state index is 13.1. The summed E-state index contributed by atoms with van der Waals surface area (Å²) < 4.78 is 5.34. The molecule has 5 nitrogen and oxygen atoms in total. The molecule has 0 spiro atoms. The quantitative estimate of drug-likeness (QED) is 0.834. The van der Waals surface area contributed by atoms with E-state index in [1.165, 1.54) is 0 Å². The maximum Gasteiger partial charge on any atom is 0.244 e. The highest BCUT2D eigenvalue weighted by molar-refractivity contribution is 5.83. The molecule has 1 saturated heterocycles. The number of carbonyl (C=O) groups excluding carboxylic acids is 1. The zero-order valence-corrected chi connectivity index (χ0v) is 14.5. The average molecular weight is 319 g/mol. The molecule has 1 amide bonds. The summed E-state index contributed by atoms with van der Waals surface area (Å²) in [6.07, 6.45) is 2.21. The predicted octanol–water partition coefficient (Wildman–Crippen LogP) is 1.90. The van der Waals surface area contributed by atoms with Gasteiger partial charge in [-0.15, -0.1) is 0 Å². The monoisotopic (exact) mass is 319 g/mol. The van der Waals surface area contributed by atoms with E-state index in [1.54, 1.807) is 7.11 Å². The summed E-state index contributed by atoms with van der Waals surface area (Å²) in [5.41, 5.74) is 1.01. The lowest BCUT2D eigenvalue weighted by atomic mass is 10.0. The Kier molecular flexibility index (Phi) is 6.86. The summed E-state index contributed by atoms with van der Waals surface area (Å²) >= 11 is 0. The normalized spacial score (nSPS) is 16.4. The number of likely N-dealkylation sites (N-methyl/N-ethyl adjacent to an activating group) is 1. The van der Waals surface area contributed by atoms with E-state index >= 15 is 0 Å². The molecule has 1 atom stereocenters. The number of unbranched alkanes of at least 4 members (excludes halogenated alkanes) is 1. The molecule has 0 bridgehead atoms. The van der Waals surface area contributed by atoms with Crippen molar-refractivity contribution >= 4 is 5.91 Å². The van der Waals surface area contributed by atoms with Crippen LogP contribution in [0.2, 0.25) is 0 Å². The molecular formula is C18H29N3O2. The minimum absolute atomic E-state index is 0.193. The Balaban J connectivity index is 2.24. The zero-order valence-electron chi connectivity index (χ0n) is 14.5. The van der Waals surface area contributed by atoms with Crippen LogP contribution in [0.5, 0.6) is 5.75 Å². The van der Waals surface area contributed by atoms with E-state index in [9.17, 15) is 4.79 Å². The first-order valence-electron chi connectivity index (χ1n) is 8.51. The van der Waals surface area contributed by atoms with Gasteiger partial charge in [-0.3, -0.25) is 9.69 Å². The Morgan fingerprint density at radius 3 is 2.78 bits per heavy atom. The van der Waals surface area contributed by atoms with E-state index in [2.05, 4.69) is 17.1 Å². The zero-order chi connectivity index (χ0) is 16.7. The molecule has 2 rings (SSSR count). The van der Waals surface area contributed by atoms with Crippen LogP contribution >= 0.6 is 0 Å². The Bertz CT molecular complexity index is 501. The van der Waals surface area contributed by atoms with Gasteiger partial charge in [-0.1, -0.05) is 25.5 Å². The van der Waals surface area contributed by atoms with E-state index in [4.69, 9.17) is 4.74 Å². The molecule has 0 aromatic heterocycles. The van der Waals surface area contributed by atoms with Crippen molar-refractivity contribution in [2.75, 3.05) is 46.9 Å². The second-order valence-corrected chi connectivity index (χ2v) is 6.09. The van der Waals surface area contributed by atoms with Gasteiger partial charge in [0.2, 0.25) is 5.91 Å². The van der Waals surface area contributed by atoms with Crippen molar-refractivity contribution in [1.29, 1.82) is 0 Å². The Morgan fingerprint density at radius 2 is 2.13 bits per heavy atom. The topological polar surface area (TPSA) is 44.8 Å². The number of amides is 1. The second kappa shape index (κ2) is 8.89. The molecule has 23 heavy (non-hydrogen) atoms. The van der Waals surface area contributed by atoms with E-state index in [0.29, 0.717) is 0 Å². The number of methoxy groups -OCH3 is 1. The summed E-state index contributed by atoms with van der Waals surface area (Å²) in [5.74, 6) is 0.989. The van der Waals surface area contributed by atoms with Crippen LogP contribution in [-0.4, -0.2) is 62.6 Å². The second-order valence-electron chi connectivity index (χ2n) is 6.09. The van der Waals surface area contributed by atoms with Gasteiger partial charge in [0.1, 0.15) is 11.8 Å². The van der Waals surface area contributed by atoms with Gasteiger partial charge < -0.3 is 15.0 Å². The number of benzene rings is 1. The standard InChI is InChI=1S/C18H29N3O2/c1-4-5-11-20(2)17(15-7-6-8-16(14-15)23-3)18(22)21-12-9-19-10-13-21/h6-8,14,17,19H,4-5,9-13H2,1-3H3. The third-order valence-electron chi connectivity index (χ3n) is 4.38. The van der Waals surface area contributed by atoms with Gasteiger partial charge in [-0.2, -0.15) is 0 Å². The molecule has 1 aliphatic heterocycles. The van der Waals surface area contributed by atoms with Crippen molar-refractivity contribution in [1.82, 2.24) is 15.1 Å². The Morgan fingerprint density at radius 1 is 1.39 bits per heavy atom. The fraction of sp³-hybridized carbons (Fsp3) is 0.611. The van der Waals surface area contributed by atoms with Crippen molar-refractivity contribution in [3.05, 3.63) is 29.8 Å². The van der Waals surface area contributed by atoms with Crippen LogP contribution in [0, 0.1) is 0 Å². The first kappa shape index (κ1) is 17.8. The summed E-state index contributed by atoms with van der Waals surface area (Å²) in [4.78, 5) is 17.3.